The van der Waals surface area contributed by atoms with Gasteiger partial charge >= 0.3 is 0 Å². The molecule has 0 saturated carbocycles. The fourth-order valence-electron chi connectivity index (χ4n) is 13.2. The van der Waals surface area contributed by atoms with E-state index in [1.807, 2.05) is 11.3 Å². The molecule has 4 heterocycles. The maximum atomic E-state index is 7.42. The first-order chi connectivity index (χ1) is 34.1. The number of anilines is 5. The third-order valence-electron chi connectivity index (χ3n) is 17.5. The van der Waals surface area contributed by atoms with Gasteiger partial charge in [-0.05, 0) is 158 Å². The monoisotopic (exact) mass is 942 g/mol. The largest absolute Gasteiger partial charge is 0.469 e. The van der Waals surface area contributed by atoms with Crippen LogP contribution in [0.25, 0.3) is 75.0 Å². The van der Waals surface area contributed by atoms with Crippen LogP contribution >= 0.6 is 11.3 Å². The minimum atomic E-state index is -0.00140. The Hall–Kier alpha value is -6.76. The van der Waals surface area contributed by atoms with E-state index in [1.165, 1.54) is 86.4 Å². The van der Waals surface area contributed by atoms with Crippen molar-refractivity contribution in [1.29, 1.82) is 0 Å². The van der Waals surface area contributed by atoms with Crippen LogP contribution in [0.1, 0.15) is 109 Å². The van der Waals surface area contributed by atoms with Crippen molar-refractivity contribution in [1.82, 2.24) is 0 Å². The van der Waals surface area contributed by atoms with Crippen LogP contribution in [-0.4, -0.2) is 7.28 Å². The van der Waals surface area contributed by atoms with Crippen LogP contribution in [-0.2, 0) is 21.7 Å². The molecule has 8 aromatic carbocycles. The number of nitrogens with zero attached hydrogens (tertiary/aromatic N) is 1. The number of fused-ring (bicyclic) bond motifs is 14. The van der Waals surface area contributed by atoms with Crippen molar-refractivity contribution in [3.8, 4) is 11.1 Å². The molecule has 0 unspecified atom stereocenters. The topological polar surface area (TPSA) is 41.6 Å². The Balaban J connectivity index is 1.12. The van der Waals surface area contributed by atoms with Crippen LogP contribution in [0.2, 0.25) is 0 Å². The summed E-state index contributed by atoms with van der Waals surface area (Å²) in [5.41, 5.74) is 20.0. The van der Waals surface area contributed by atoms with E-state index in [0.29, 0.717) is 7.28 Å². The molecule has 14 rings (SSSR count). The molecule has 0 bridgehead atoms. The summed E-state index contributed by atoms with van der Waals surface area (Å²) < 4.78 is 17.3. The molecule has 2 aliphatic carbocycles. The summed E-state index contributed by atoms with van der Waals surface area (Å²) in [6.45, 7) is 21.8. The molecule has 4 nitrogen and oxygen atoms in total. The summed E-state index contributed by atoms with van der Waals surface area (Å²) in [4.78, 5) is 2.60. The van der Waals surface area contributed by atoms with Gasteiger partial charge in [-0.1, -0.05) is 134 Å². The first kappa shape index (κ1) is 43.1. The number of hydrogen-bond donors (Lipinski definition) is 1. The summed E-state index contributed by atoms with van der Waals surface area (Å²) >= 11 is 1.86. The van der Waals surface area contributed by atoms with Gasteiger partial charge in [0.1, 0.15) is 11.2 Å². The first-order valence-corrected chi connectivity index (χ1v) is 26.6. The number of nitrogens with one attached hydrogen (secondary N) is 1. The highest BCUT2D eigenvalue weighted by molar-refractivity contribution is 7.26. The lowest BCUT2D eigenvalue weighted by Crippen LogP contribution is -2.41. The smallest absolute Gasteiger partial charge is 0.245 e. The van der Waals surface area contributed by atoms with Gasteiger partial charge in [-0.25, -0.2) is 0 Å². The molecule has 350 valence electrons. The molecule has 0 saturated heterocycles. The van der Waals surface area contributed by atoms with Gasteiger partial charge in [-0.2, -0.15) is 0 Å². The van der Waals surface area contributed by atoms with Crippen molar-refractivity contribution >= 4 is 122 Å². The maximum absolute atomic E-state index is 7.42. The van der Waals surface area contributed by atoms with E-state index in [2.05, 4.69) is 206 Å². The molecule has 0 radical (unpaired) electrons. The van der Waals surface area contributed by atoms with Crippen molar-refractivity contribution in [3.63, 3.8) is 0 Å². The van der Waals surface area contributed by atoms with Crippen LogP contribution in [0, 0.1) is 6.92 Å². The standard InChI is InChI=1S/C65H59BN2O2S/c1-36-31-44-46(64(6,7)29-27-62(44,2)3)34-50(36)68-58-42-33-45-47(65(8,9)30-28-63(45,4)5)35-52(42)70-61(58)66-57-43(32-41-39-19-12-14-22-51(39)69-60(41)59(57)68)55-38-18-11-10-17-37(38)25-26-49(55)67-48-21-16-24-54-56(48)40-20-13-15-23-53(40)71-54/h10-26,31-35,66-67H,27-30H2,1-9H3. The third kappa shape index (κ3) is 6.22. The predicted octanol–water partition coefficient (Wildman–Crippen LogP) is 17.4. The van der Waals surface area contributed by atoms with Crippen molar-refractivity contribution < 1.29 is 8.83 Å². The predicted molar refractivity (Wildman–Crippen MR) is 305 cm³/mol. The number of thiophene rings is 1. The van der Waals surface area contributed by atoms with Gasteiger partial charge in [0.25, 0.3) is 0 Å². The highest BCUT2D eigenvalue weighted by atomic mass is 32.1. The molecule has 3 aliphatic rings. The second kappa shape index (κ2) is 14.7. The summed E-state index contributed by atoms with van der Waals surface area (Å²) in [5, 5.41) is 12.4. The molecular formula is C65H59BN2O2S. The molecule has 6 heteroatoms. The van der Waals surface area contributed by atoms with Crippen molar-refractivity contribution in [2.24, 2.45) is 0 Å². The van der Waals surface area contributed by atoms with Gasteiger partial charge in [0.15, 0.2) is 5.58 Å². The second-order valence-electron chi connectivity index (χ2n) is 23.8. The highest BCUT2D eigenvalue weighted by Gasteiger charge is 2.43. The van der Waals surface area contributed by atoms with E-state index in [9.17, 15) is 0 Å². The van der Waals surface area contributed by atoms with Gasteiger partial charge < -0.3 is 19.1 Å². The summed E-state index contributed by atoms with van der Waals surface area (Å²) in [6, 6.07) is 50.1. The van der Waals surface area contributed by atoms with Crippen LogP contribution in [0.4, 0.5) is 28.4 Å². The summed E-state index contributed by atoms with van der Waals surface area (Å²) in [7, 11) is 0.603. The van der Waals surface area contributed by atoms with Crippen LogP contribution < -0.4 is 21.3 Å². The van der Waals surface area contributed by atoms with Crippen LogP contribution in [0.15, 0.2) is 142 Å². The molecule has 0 amide bonds. The maximum Gasteiger partial charge on any atom is 0.245 e. The van der Waals surface area contributed by atoms with Gasteiger partial charge in [-0.15, -0.1) is 11.3 Å². The average Bonchev–Trinajstić information content (AvgIpc) is 4.04. The molecule has 0 atom stereocenters. The summed E-state index contributed by atoms with van der Waals surface area (Å²) in [6.07, 6.45) is 4.57. The molecule has 0 spiro atoms. The van der Waals surface area contributed by atoms with Crippen molar-refractivity contribution in [3.05, 3.63) is 161 Å². The normalized spacial score (nSPS) is 17.4. The van der Waals surface area contributed by atoms with Crippen LogP contribution in [0.3, 0.4) is 0 Å². The van der Waals surface area contributed by atoms with E-state index < -0.39 is 0 Å². The Labute approximate surface area is 420 Å². The SMILES string of the molecule is Cc1cc2c(cc1N1c3c(oc4cc5c(cc34)C(C)(C)CCC5(C)C)Bc3c(-c4c(Nc5cccc6sc7ccccc7c56)ccc5ccccc45)cc4c(oc5ccccc54)c31)C(C)(C)CCC2(C)C. The first-order valence-electron chi connectivity index (χ1n) is 25.8. The lowest BCUT2D eigenvalue weighted by atomic mass is 9.60. The highest BCUT2D eigenvalue weighted by Crippen LogP contribution is 2.55. The molecule has 3 aromatic heterocycles. The molecule has 71 heavy (non-hydrogen) atoms. The number of hydrogen-bond acceptors (Lipinski definition) is 5. The quantitative estimate of drug-likeness (QED) is 0.179. The Kier molecular flexibility index (Phi) is 8.90. The molecular weight excluding hydrogens is 884 g/mol. The van der Waals surface area contributed by atoms with Crippen molar-refractivity contribution in [2.75, 3.05) is 10.2 Å². The van der Waals surface area contributed by atoms with Crippen LogP contribution in [0.5, 0.6) is 0 Å². The Bertz CT molecular complexity index is 4100. The Morgan fingerprint density at radius 1 is 0.521 bits per heavy atom. The Morgan fingerprint density at radius 3 is 1.92 bits per heavy atom. The number of aryl methyl sites for hydroxylation is 1. The lowest BCUT2D eigenvalue weighted by molar-refractivity contribution is 0.332. The van der Waals surface area contributed by atoms with Gasteiger partial charge in [0.2, 0.25) is 7.28 Å². The minimum absolute atomic E-state index is 0.00140. The fraction of sp³-hybridized carbons (Fsp3) is 0.262. The van der Waals surface area contributed by atoms with E-state index >= 15 is 0 Å². The van der Waals surface area contributed by atoms with E-state index in [1.54, 1.807) is 0 Å². The van der Waals surface area contributed by atoms with Gasteiger partial charge in [0.05, 0.1) is 17.0 Å². The third-order valence-corrected chi connectivity index (χ3v) is 18.7. The van der Waals surface area contributed by atoms with Crippen molar-refractivity contribution in [2.45, 2.75) is 110 Å². The number of benzene rings is 8. The van der Waals surface area contributed by atoms with E-state index in [4.69, 9.17) is 8.83 Å². The van der Waals surface area contributed by atoms with E-state index in [0.717, 1.165) is 81.6 Å². The zero-order valence-corrected chi connectivity index (χ0v) is 43.2. The zero-order chi connectivity index (χ0) is 48.5. The average molecular weight is 943 g/mol. The molecule has 0 fully saturated rings. The number of furan rings is 2. The summed E-state index contributed by atoms with van der Waals surface area (Å²) in [5.74, 6) is 0. The second-order valence-corrected chi connectivity index (χ2v) is 24.9. The number of para-hydroxylation sites is 1. The zero-order valence-electron chi connectivity index (χ0n) is 42.4. The molecule has 1 aliphatic heterocycles. The van der Waals surface area contributed by atoms with Gasteiger partial charge in [0, 0.05) is 59.0 Å². The fourth-order valence-corrected chi connectivity index (χ4v) is 14.4. The minimum Gasteiger partial charge on any atom is -0.469 e. The number of rotatable bonds is 4. The van der Waals surface area contributed by atoms with Gasteiger partial charge in [-0.3, -0.25) is 0 Å². The molecule has 11 aromatic rings. The van der Waals surface area contributed by atoms with E-state index in [-0.39, 0.29) is 21.7 Å². The molecule has 1 N–H and O–H groups in total. The Morgan fingerprint density at radius 2 is 1.15 bits per heavy atom. The lowest BCUT2D eigenvalue weighted by Gasteiger charge is -2.43.